The molecular formula is C12H7BrClF4N3. The largest absolute Gasteiger partial charge is 0.433 e. The molecule has 0 bridgehead atoms. The molecule has 21 heavy (non-hydrogen) atoms. The highest BCUT2D eigenvalue weighted by Gasteiger charge is 2.34. The van der Waals surface area contributed by atoms with Crippen molar-refractivity contribution < 1.29 is 17.6 Å². The van der Waals surface area contributed by atoms with Crippen LogP contribution in [0, 0.1) is 5.82 Å². The molecule has 0 radical (unpaired) electrons. The van der Waals surface area contributed by atoms with E-state index in [9.17, 15) is 17.6 Å². The van der Waals surface area contributed by atoms with E-state index in [1.165, 1.54) is 19.2 Å². The lowest BCUT2D eigenvalue weighted by Crippen LogP contribution is -2.11. The van der Waals surface area contributed by atoms with Gasteiger partial charge in [-0.05, 0) is 34.1 Å². The van der Waals surface area contributed by atoms with Crippen molar-refractivity contribution in [2.24, 2.45) is 0 Å². The fourth-order valence-electron chi connectivity index (χ4n) is 1.57. The highest BCUT2D eigenvalue weighted by molar-refractivity contribution is 9.10. The van der Waals surface area contributed by atoms with Gasteiger partial charge in [-0.1, -0.05) is 11.6 Å². The molecule has 0 amide bonds. The number of benzene rings is 1. The maximum Gasteiger partial charge on any atom is 0.433 e. The third-order valence-electron chi connectivity index (χ3n) is 2.55. The number of nitrogens with zero attached hydrogens (tertiary/aromatic N) is 2. The van der Waals surface area contributed by atoms with E-state index in [2.05, 4.69) is 31.2 Å². The van der Waals surface area contributed by atoms with Gasteiger partial charge in [0, 0.05) is 17.1 Å². The summed E-state index contributed by atoms with van der Waals surface area (Å²) in [5.41, 5.74) is -1.53. The zero-order chi connectivity index (χ0) is 15.8. The standard InChI is InChI=1S/C12H7BrClF4N3/c1-19-11-20-7(4-8(21-11)12(16,17)18)5-2-3-6(13)9(14)10(5)15/h2-4H,1H3,(H,19,20,21). The van der Waals surface area contributed by atoms with Gasteiger partial charge in [-0.25, -0.2) is 14.4 Å². The van der Waals surface area contributed by atoms with Crippen molar-refractivity contribution in [1.29, 1.82) is 0 Å². The van der Waals surface area contributed by atoms with E-state index in [-0.39, 0.29) is 22.2 Å². The molecule has 0 atom stereocenters. The van der Waals surface area contributed by atoms with Gasteiger partial charge < -0.3 is 5.32 Å². The predicted octanol–water partition coefficient (Wildman–Crippen LogP) is 4.76. The maximum absolute atomic E-state index is 14.1. The number of hydrogen-bond donors (Lipinski definition) is 1. The van der Waals surface area contributed by atoms with Gasteiger partial charge in [0.05, 0.1) is 10.7 Å². The van der Waals surface area contributed by atoms with Gasteiger partial charge in [-0.2, -0.15) is 13.2 Å². The molecule has 2 rings (SSSR count). The fraction of sp³-hybridized carbons (Fsp3) is 0.167. The van der Waals surface area contributed by atoms with Gasteiger partial charge in [-0.3, -0.25) is 0 Å². The number of rotatable bonds is 2. The summed E-state index contributed by atoms with van der Waals surface area (Å²) >= 11 is 8.76. The molecule has 0 saturated carbocycles. The summed E-state index contributed by atoms with van der Waals surface area (Å²) in [4.78, 5) is 7.14. The maximum atomic E-state index is 14.1. The van der Waals surface area contributed by atoms with Crippen LogP contribution in [0.15, 0.2) is 22.7 Å². The molecule has 1 N–H and O–H groups in total. The van der Waals surface area contributed by atoms with Crippen molar-refractivity contribution >= 4 is 33.5 Å². The van der Waals surface area contributed by atoms with Crippen LogP contribution in [0.1, 0.15) is 5.69 Å². The summed E-state index contributed by atoms with van der Waals surface area (Å²) in [6.07, 6.45) is -4.67. The third kappa shape index (κ3) is 3.26. The fourth-order valence-corrected chi connectivity index (χ4v) is 2.04. The van der Waals surface area contributed by atoms with Crippen molar-refractivity contribution in [2.45, 2.75) is 6.18 Å². The smallest absolute Gasteiger partial charge is 0.357 e. The molecule has 112 valence electrons. The summed E-state index contributed by atoms with van der Waals surface area (Å²) in [7, 11) is 1.37. The van der Waals surface area contributed by atoms with Crippen LogP contribution in [0.4, 0.5) is 23.5 Å². The molecule has 0 fully saturated rings. The highest BCUT2D eigenvalue weighted by Crippen LogP contribution is 2.35. The lowest BCUT2D eigenvalue weighted by atomic mass is 10.1. The Labute approximate surface area is 130 Å². The van der Waals surface area contributed by atoms with E-state index in [0.29, 0.717) is 10.5 Å². The quantitative estimate of drug-likeness (QED) is 0.599. The van der Waals surface area contributed by atoms with Crippen molar-refractivity contribution in [3.63, 3.8) is 0 Å². The first kappa shape index (κ1) is 16.0. The third-order valence-corrected chi connectivity index (χ3v) is 3.81. The Kier molecular flexibility index (Phi) is 4.38. The van der Waals surface area contributed by atoms with Crippen molar-refractivity contribution in [2.75, 3.05) is 12.4 Å². The van der Waals surface area contributed by atoms with Crippen molar-refractivity contribution in [1.82, 2.24) is 9.97 Å². The predicted molar refractivity (Wildman–Crippen MR) is 74.7 cm³/mol. The number of aromatic nitrogens is 2. The van der Waals surface area contributed by atoms with E-state index in [0.717, 1.165) is 0 Å². The zero-order valence-electron chi connectivity index (χ0n) is 10.4. The van der Waals surface area contributed by atoms with Gasteiger partial charge in [0.1, 0.15) is 0 Å². The Hall–Kier alpha value is -1.41. The molecule has 1 aromatic heterocycles. The topological polar surface area (TPSA) is 37.8 Å². The molecule has 0 saturated heterocycles. The second-order valence-corrected chi connectivity index (χ2v) is 5.17. The monoisotopic (exact) mass is 383 g/mol. The van der Waals surface area contributed by atoms with Crippen LogP contribution < -0.4 is 5.32 Å². The number of nitrogens with one attached hydrogen (secondary N) is 1. The minimum Gasteiger partial charge on any atom is -0.357 e. The van der Waals surface area contributed by atoms with E-state index >= 15 is 0 Å². The second-order valence-electron chi connectivity index (χ2n) is 3.93. The van der Waals surface area contributed by atoms with Gasteiger partial charge in [0.15, 0.2) is 11.5 Å². The number of alkyl halides is 3. The molecule has 3 nitrogen and oxygen atoms in total. The molecule has 1 aromatic carbocycles. The number of anilines is 1. The molecule has 0 spiro atoms. The minimum absolute atomic E-state index is 0.146. The van der Waals surface area contributed by atoms with E-state index in [4.69, 9.17) is 11.6 Å². The number of hydrogen-bond acceptors (Lipinski definition) is 3. The van der Waals surface area contributed by atoms with Gasteiger partial charge >= 0.3 is 6.18 Å². The van der Waals surface area contributed by atoms with Crippen LogP contribution >= 0.6 is 27.5 Å². The summed E-state index contributed by atoms with van der Waals surface area (Å²) in [5, 5.41) is 2.18. The second kappa shape index (κ2) is 5.76. The van der Waals surface area contributed by atoms with Crippen LogP contribution in [-0.4, -0.2) is 17.0 Å². The average molecular weight is 385 g/mol. The first-order valence-electron chi connectivity index (χ1n) is 5.52. The van der Waals surface area contributed by atoms with E-state index < -0.39 is 17.7 Å². The number of halogens is 6. The minimum atomic E-state index is -4.67. The van der Waals surface area contributed by atoms with Gasteiger partial charge in [0.25, 0.3) is 0 Å². The van der Waals surface area contributed by atoms with Gasteiger partial charge in [0.2, 0.25) is 5.95 Å². The Bertz CT molecular complexity index is 691. The van der Waals surface area contributed by atoms with Crippen LogP contribution in [0.2, 0.25) is 5.02 Å². The van der Waals surface area contributed by atoms with Crippen LogP contribution in [-0.2, 0) is 6.18 Å². The summed E-state index contributed by atoms with van der Waals surface area (Å²) < 4.78 is 52.8. The molecule has 2 aromatic rings. The molecule has 0 unspecified atom stereocenters. The lowest BCUT2D eigenvalue weighted by Gasteiger charge is -2.11. The lowest BCUT2D eigenvalue weighted by molar-refractivity contribution is -0.141. The molecular weight excluding hydrogens is 378 g/mol. The summed E-state index contributed by atoms with van der Waals surface area (Å²) in [6, 6.07) is 3.38. The average Bonchev–Trinajstić information content (AvgIpc) is 2.43. The van der Waals surface area contributed by atoms with Crippen LogP contribution in [0.3, 0.4) is 0 Å². The molecule has 0 aliphatic heterocycles. The Morgan fingerprint density at radius 2 is 1.90 bits per heavy atom. The van der Waals surface area contributed by atoms with Crippen LogP contribution in [0.5, 0.6) is 0 Å². The Morgan fingerprint density at radius 3 is 2.48 bits per heavy atom. The molecule has 0 aliphatic carbocycles. The van der Waals surface area contributed by atoms with E-state index in [1.54, 1.807) is 0 Å². The van der Waals surface area contributed by atoms with Crippen molar-refractivity contribution in [3.8, 4) is 11.3 Å². The normalized spacial score (nSPS) is 11.6. The first-order valence-corrected chi connectivity index (χ1v) is 6.69. The van der Waals surface area contributed by atoms with Crippen LogP contribution in [0.25, 0.3) is 11.3 Å². The zero-order valence-corrected chi connectivity index (χ0v) is 12.7. The highest BCUT2D eigenvalue weighted by atomic mass is 79.9. The first-order chi connectivity index (χ1) is 9.74. The Balaban J connectivity index is 2.67. The van der Waals surface area contributed by atoms with Crippen molar-refractivity contribution in [3.05, 3.63) is 39.2 Å². The SMILES string of the molecule is CNc1nc(-c2ccc(Br)c(Cl)c2F)cc(C(F)(F)F)n1. The molecule has 1 heterocycles. The van der Waals surface area contributed by atoms with E-state index in [1.807, 2.05) is 0 Å². The Morgan fingerprint density at radius 1 is 1.24 bits per heavy atom. The van der Waals surface area contributed by atoms with Gasteiger partial charge in [-0.15, -0.1) is 0 Å². The summed E-state index contributed by atoms with van der Waals surface area (Å²) in [5.74, 6) is -1.13. The summed E-state index contributed by atoms with van der Waals surface area (Å²) in [6.45, 7) is 0. The molecule has 9 heteroatoms. The molecule has 0 aliphatic rings.